The van der Waals surface area contributed by atoms with E-state index in [4.69, 9.17) is 9.72 Å². The highest BCUT2D eigenvalue weighted by molar-refractivity contribution is 7.10. The minimum absolute atomic E-state index is 0.121. The normalized spacial score (nSPS) is 15.4. The second kappa shape index (κ2) is 8.16. The number of rotatable bonds is 4. The fourth-order valence-electron chi connectivity index (χ4n) is 4.37. The van der Waals surface area contributed by atoms with Crippen LogP contribution in [0.5, 0.6) is 5.75 Å². The van der Waals surface area contributed by atoms with Crippen LogP contribution in [0.2, 0.25) is 0 Å². The molecule has 4 aromatic rings. The molecule has 32 heavy (non-hydrogen) atoms. The third kappa shape index (κ3) is 3.72. The van der Waals surface area contributed by atoms with E-state index in [9.17, 15) is 0 Å². The maximum atomic E-state index is 5.51. The lowest BCUT2D eigenvalue weighted by Gasteiger charge is -2.32. The second-order valence-corrected chi connectivity index (χ2v) is 10.1. The van der Waals surface area contributed by atoms with Crippen LogP contribution in [0.4, 0.5) is 5.82 Å². The molecule has 1 saturated heterocycles. The Morgan fingerprint density at radius 3 is 2.62 bits per heavy atom. The van der Waals surface area contributed by atoms with Crippen LogP contribution >= 0.6 is 11.3 Å². The van der Waals surface area contributed by atoms with Gasteiger partial charge in [-0.25, -0.2) is 19.6 Å². The third-order valence-electron chi connectivity index (χ3n) is 6.03. The molecule has 3 aromatic heterocycles. The standard InChI is InChI=1S/C24H28N6OS/c1-24(2,3)30-22-18(13-27-30)21(25-15-26-22)29-11-9-16(10-12-29)23-28-19(14-32-23)17-7-5-6-8-20(17)31-4/h5-8,13-16H,9-12H2,1-4H3. The van der Waals surface area contributed by atoms with Crippen molar-refractivity contribution in [2.24, 2.45) is 0 Å². The third-order valence-corrected chi connectivity index (χ3v) is 7.04. The van der Waals surface area contributed by atoms with E-state index >= 15 is 0 Å². The summed E-state index contributed by atoms with van der Waals surface area (Å²) in [6.45, 7) is 8.31. The predicted octanol–water partition coefficient (Wildman–Crippen LogP) is 5.10. The van der Waals surface area contributed by atoms with Crippen molar-refractivity contribution in [2.45, 2.75) is 45.1 Å². The molecule has 0 radical (unpaired) electrons. The molecule has 0 spiro atoms. The first-order valence-corrected chi connectivity index (χ1v) is 11.9. The maximum Gasteiger partial charge on any atom is 0.163 e. The minimum Gasteiger partial charge on any atom is -0.496 e. The summed E-state index contributed by atoms with van der Waals surface area (Å²) in [6, 6.07) is 8.07. The van der Waals surface area contributed by atoms with Gasteiger partial charge in [-0.2, -0.15) is 5.10 Å². The maximum absolute atomic E-state index is 5.51. The minimum atomic E-state index is -0.121. The van der Waals surface area contributed by atoms with Gasteiger partial charge in [-0.15, -0.1) is 11.3 Å². The summed E-state index contributed by atoms with van der Waals surface area (Å²) in [4.78, 5) is 16.5. The van der Waals surface area contributed by atoms with Gasteiger partial charge >= 0.3 is 0 Å². The molecule has 1 fully saturated rings. The number of hydrogen-bond donors (Lipinski definition) is 0. The van der Waals surface area contributed by atoms with Crippen LogP contribution in [0.15, 0.2) is 42.2 Å². The van der Waals surface area contributed by atoms with Crippen molar-refractivity contribution in [3.63, 3.8) is 0 Å². The summed E-state index contributed by atoms with van der Waals surface area (Å²) in [5.74, 6) is 2.31. The van der Waals surface area contributed by atoms with Gasteiger partial charge in [-0.05, 0) is 45.7 Å². The first kappa shape index (κ1) is 20.9. The van der Waals surface area contributed by atoms with Crippen molar-refractivity contribution in [3.8, 4) is 17.0 Å². The molecule has 0 saturated carbocycles. The molecular formula is C24H28N6OS. The van der Waals surface area contributed by atoms with E-state index in [1.807, 2.05) is 29.1 Å². The fourth-order valence-corrected chi connectivity index (χ4v) is 5.36. The Morgan fingerprint density at radius 2 is 1.88 bits per heavy atom. The number of para-hydroxylation sites is 1. The predicted molar refractivity (Wildman–Crippen MR) is 129 cm³/mol. The molecule has 0 unspecified atom stereocenters. The number of ether oxygens (including phenoxy) is 1. The number of nitrogens with zero attached hydrogens (tertiary/aromatic N) is 6. The van der Waals surface area contributed by atoms with Crippen LogP contribution in [-0.4, -0.2) is 44.9 Å². The van der Waals surface area contributed by atoms with Gasteiger partial charge in [0.15, 0.2) is 5.65 Å². The van der Waals surface area contributed by atoms with Crippen LogP contribution in [0.1, 0.15) is 44.5 Å². The number of benzene rings is 1. The van der Waals surface area contributed by atoms with Gasteiger partial charge in [-0.3, -0.25) is 0 Å². The molecule has 0 atom stereocenters. The van der Waals surface area contributed by atoms with Crippen LogP contribution in [0, 0.1) is 0 Å². The molecule has 1 aliphatic heterocycles. The van der Waals surface area contributed by atoms with Crippen molar-refractivity contribution in [1.82, 2.24) is 24.7 Å². The molecule has 0 N–H and O–H groups in total. The van der Waals surface area contributed by atoms with Gasteiger partial charge in [0.2, 0.25) is 0 Å². The number of hydrogen-bond acceptors (Lipinski definition) is 7. The Labute approximate surface area is 192 Å². The van der Waals surface area contributed by atoms with Gasteiger partial charge in [-0.1, -0.05) is 12.1 Å². The Bertz CT molecular complexity index is 1230. The van der Waals surface area contributed by atoms with Gasteiger partial charge < -0.3 is 9.64 Å². The van der Waals surface area contributed by atoms with Crippen molar-refractivity contribution in [2.75, 3.05) is 25.1 Å². The van der Waals surface area contributed by atoms with Crippen LogP contribution in [0.25, 0.3) is 22.3 Å². The lowest BCUT2D eigenvalue weighted by atomic mass is 9.97. The first-order valence-electron chi connectivity index (χ1n) is 11.0. The number of piperidine rings is 1. The van der Waals surface area contributed by atoms with E-state index in [0.29, 0.717) is 5.92 Å². The SMILES string of the molecule is COc1ccccc1-c1csc(C2CCN(c3ncnc4c3cnn4C(C)(C)C)CC2)n1. The van der Waals surface area contributed by atoms with Crippen molar-refractivity contribution < 1.29 is 4.74 Å². The van der Waals surface area contributed by atoms with Gasteiger partial charge in [0.05, 0.1) is 34.9 Å². The Morgan fingerprint density at radius 1 is 1.09 bits per heavy atom. The molecule has 0 aliphatic carbocycles. The van der Waals surface area contributed by atoms with E-state index in [1.54, 1.807) is 24.8 Å². The summed E-state index contributed by atoms with van der Waals surface area (Å²) in [7, 11) is 1.71. The molecular weight excluding hydrogens is 420 g/mol. The summed E-state index contributed by atoms with van der Waals surface area (Å²) in [5.41, 5.74) is 2.82. The highest BCUT2D eigenvalue weighted by Gasteiger charge is 2.27. The summed E-state index contributed by atoms with van der Waals surface area (Å²) >= 11 is 1.75. The number of aromatic nitrogens is 5. The van der Waals surface area contributed by atoms with Crippen molar-refractivity contribution in [1.29, 1.82) is 0 Å². The van der Waals surface area contributed by atoms with E-state index in [0.717, 1.165) is 59.8 Å². The van der Waals surface area contributed by atoms with Gasteiger partial charge in [0.1, 0.15) is 17.9 Å². The summed E-state index contributed by atoms with van der Waals surface area (Å²) < 4.78 is 7.50. The van der Waals surface area contributed by atoms with E-state index in [1.165, 1.54) is 5.01 Å². The Hall–Kier alpha value is -3.00. The van der Waals surface area contributed by atoms with E-state index in [2.05, 4.69) is 52.2 Å². The molecule has 5 rings (SSSR count). The highest BCUT2D eigenvalue weighted by Crippen LogP contribution is 2.37. The van der Waals surface area contributed by atoms with Crippen LogP contribution in [-0.2, 0) is 5.54 Å². The lowest BCUT2D eigenvalue weighted by molar-refractivity contribution is 0.366. The molecule has 8 heteroatoms. The zero-order chi connectivity index (χ0) is 22.3. The Kier molecular flexibility index (Phi) is 5.33. The quantitative estimate of drug-likeness (QED) is 0.433. The van der Waals surface area contributed by atoms with Crippen LogP contribution in [0.3, 0.4) is 0 Å². The molecule has 4 heterocycles. The summed E-state index contributed by atoms with van der Waals surface area (Å²) in [5, 5.41) is 8.98. The molecule has 0 amide bonds. The molecule has 0 bridgehead atoms. The Balaban J connectivity index is 1.33. The molecule has 166 valence electrons. The average molecular weight is 449 g/mol. The van der Waals surface area contributed by atoms with Crippen LogP contribution < -0.4 is 9.64 Å². The summed E-state index contributed by atoms with van der Waals surface area (Å²) in [6.07, 6.45) is 5.67. The largest absolute Gasteiger partial charge is 0.496 e. The zero-order valence-corrected chi connectivity index (χ0v) is 19.8. The molecule has 1 aromatic carbocycles. The first-order chi connectivity index (χ1) is 15.5. The fraction of sp³-hybridized carbons (Fsp3) is 0.417. The van der Waals surface area contributed by atoms with Gasteiger partial charge in [0.25, 0.3) is 0 Å². The highest BCUT2D eigenvalue weighted by atomic mass is 32.1. The molecule has 7 nitrogen and oxygen atoms in total. The van der Waals surface area contributed by atoms with E-state index < -0.39 is 0 Å². The number of fused-ring (bicyclic) bond motifs is 1. The number of methoxy groups -OCH3 is 1. The average Bonchev–Trinajstić information content (AvgIpc) is 3.46. The second-order valence-electron chi connectivity index (χ2n) is 9.19. The van der Waals surface area contributed by atoms with Crippen molar-refractivity contribution >= 4 is 28.2 Å². The topological polar surface area (TPSA) is 69.0 Å². The monoisotopic (exact) mass is 448 g/mol. The molecule has 1 aliphatic rings. The number of anilines is 1. The zero-order valence-electron chi connectivity index (χ0n) is 18.9. The lowest BCUT2D eigenvalue weighted by Crippen LogP contribution is -2.33. The smallest absolute Gasteiger partial charge is 0.163 e. The van der Waals surface area contributed by atoms with Crippen molar-refractivity contribution in [3.05, 3.63) is 47.2 Å². The van der Waals surface area contributed by atoms with Gasteiger partial charge in [0, 0.05) is 30.0 Å². The number of thiazole rings is 1. The van der Waals surface area contributed by atoms with E-state index in [-0.39, 0.29) is 5.54 Å².